The van der Waals surface area contributed by atoms with E-state index < -0.39 is 0 Å². The summed E-state index contributed by atoms with van der Waals surface area (Å²) >= 11 is 1.53. The highest BCUT2D eigenvalue weighted by Crippen LogP contribution is 2.34. The van der Waals surface area contributed by atoms with E-state index in [4.69, 9.17) is 10.5 Å². The molecule has 0 bridgehead atoms. The number of pyridine rings is 1. The summed E-state index contributed by atoms with van der Waals surface area (Å²) in [6, 6.07) is 21.7. The van der Waals surface area contributed by atoms with Crippen molar-refractivity contribution in [3.8, 4) is 29.0 Å². The average Bonchev–Trinajstić information content (AvgIpc) is 2.76. The Labute approximate surface area is 174 Å². The van der Waals surface area contributed by atoms with Gasteiger partial charge in [0.2, 0.25) is 0 Å². The molecule has 1 heterocycles. The Morgan fingerprint density at radius 3 is 2.31 bits per heavy atom. The number of H-pyrrole nitrogens is 1. The smallest absolute Gasteiger partial charge is 0.289 e. The van der Waals surface area contributed by atoms with Crippen molar-refractivity contribution >= 4 is 17.6 Å². The second kappa shape index (κ2) is 9.64. The summed E-state index contributed by atoms with van der Waals surface area (Å²) in [4.78, 5) is 3.01. The van der Waals surface area contributed by atoms with Crippen LogP contribution in [0.15, 0.2) is 59.6 Å². The molecule has 144 valence electrons. The molecule has 0 aliphatic heterocycles. The van der Waals surface area contributed by atoms with Crippen LogP contribution in [0.1, 0.15) is 30.0 Å². The molecule has 1 aromatic heterocycles. The Balaban J connectivity index is 1.94. The van der Waals surface area contributed by atoms with Crippen LogP contribution in [0.5, 0.6) is 5.75 Å². The van der Waals surface area contributed by atoms with Gasteiger partial charge in [0, 0.05) is 11.3 Å². The lowest BCUT2D eigenvalue weighted by Gasteiger charge is -2.11. The molecule has 0 saturated carbocycles. The number of benzene rings is 2. The molecule has 2 aromatic carbocycles. The zero-order chi connectivity index (χ0) is 20.6. The number of hydrogen-bond acceptors (Lipinski definition) is 5. The fraction of sp³-hybridized carbons (Fsp3) is 0.174. The zero-order valence-corrected chi connectivity index (χ0v) is 16.9. The van der Waals surface area contributed by atoms with Crippen LogP contribution in [0, 0.1) is 22.7 Å². The summed E-state index contributed by atoms with van der Waals surface area (Å²) in [5.74, 6) is 1.83. The van der Waals surface area contributed by atoms with Crippen LogP contribution in [0.3, 0.4) is 0 Å². The molecule has 0 aliphatic carbocycles. The van der Waals surface area contributed by atoms with E-state index in [1.165, 1.54) is 11.8 Å². The Kier molecular flexibility index (Phi) is 6.73. The molecule has 0 fully saturated rings. The fourth-order valence-corrected chi connectivity index (χ4v) is 3.79. The molecule has 0 saturated heterocycles. The minimum Gasteiger partial charge on any atom is -0.489 e. The van der Waals surface area contributed by atoms with Gasteiger partial charge in [0.05, 0.1) is 0 Å². The Bertz CT molecular complexity index is 1070. The third-order valence-corrected chi connectivity index (χ3v) is 5.52. The van der Waals surface area contributed by atoms with E-state index in [2.05, 4.69) is 24.0 Å². The van der Waals surface area contributed by atoms with E-state index in [9.17, 15) is 10.5 Å². The number of ether oxygens (including phenoxy) is 1. The highest BCUT2D eigenvalue weighted by Gasteiger charge is 2.23. The van der Waals surface area contributed by atoms with Crippen LogP contribution in [0.25, 0.3) is 11.1 Å². The maximum Gasteiger partial charge on any atom is 0.289 e. The number of hydrogen-bond donors (Lipinski definition) is 1. The largest absolute Gasteiger partial charge is 0.489 e. The van der Waals surface area contributed by atoms with E-state index >= 15 is 0 Å². The van der Waals surface area contributed by atoms with E-state index in [1.54, 1.807) is 0 Å². The zero-order valence-electron chi connectivity index (χ0n) is 16.1. The van der Waals surface area contributed by atoms with Crippen LogP contribution in [0.2, 0.25) is 0 Å². The Hall–Kier alpha value is -3.48. The molecule has 3 aromatic rings. The molecule has 0 aliphatic rings. The lowest BCUT2D eigenvalue weighted by molar-refractivity contribution is -0.410. The summed E-state index contributed by atoms with van der Waals surface area (Å²) in [5, 5.41) is 20.1. The minimum atomic E-state index is 0.268. The molecule has 3 rings (SSSR count). The molecular weight excluding hydrogens is 380 g/mol. The number of nitrogens with two attached hydrogens (primary N) is 1. The first-order chi connectivity index (χ1) is 14.2. The van der Waals surface area contributed by atoms with E-state index in [1.807, 2.05) is 54.6 Å². The van der Waals surface area contributed by atoms with Crippen LogP contribution in [-0.4, -0.2) is 5.75 Å². The number of thioether (sulfide) groups is 1. The van der Waals surface area contributed by atoms with Crippen molar-refractivity contribution in [2.24, 2.45) is 0 Å². The van der Waals surface area contributed by atoms with Crippen molar-refractivity contribution in [3.63, 3.8) is 0 Å². The van der Waals surface area contributed by atoms with Gasteiger partial charge in [0.1, 0.15) is 35.6 Å². The molecule has 0 spiro atoms. The van der Waals surface area contributed by atoms with Crippen molar-refractivity contribution in [1.29, 1.82) is 10.5 Å². The highest BCUT2D eigenvalue weighted by atomic mass is 32.2. The summed E-state index contributed by atoms with van der Waals surface area (Å²) < 4.78 is 5.83. The summed E-state index contributed by atoms with van der Waals surface area (Å²) in [5.41, 5.74) is 9.19. The molecule has 0 amide bonds. The third-order valence-electron chi connectivity index (χ3n) is 4.31. The van der Waals surface area contributed by atoms with Gasteiger partial charge < -0.3 is 4.74 Å². The van der Waals surface area contributed by atoms with Gasteiger partial charge in [-0.1, -0.05) is 61.2 Å². The van der Waals surface area contributed by atoms with Gasteiger partial charge in [-0.2, -0.15) is 10.5 Å². The van der Waals surface area contributed by atoms with Crippen molar-refractivity contribution in [2.75, 3.05) is 11.5 Å². The average molecular weight is 402 g/mol. The number of aromatic amines is 1. The topological polar surface area (TPSA) is 97.0 Å². The number of nitrogens with zero attached hydrogens (tertiary/aromatic N) is 2. The molecule has 6 heteroatoms. The van der Waals surface area contributed by atoms with Gasteiger partial charge in [-0.05, 0) is 29.7 Å². The standard InChI is InChI=1S/C23H20N4OS/c1-2-12-29-23-20(14-25)21(19(13-24)22(26)27-23)17-8-10-18(11-9-17)28-15-16-6-4-3-5-7-16/h3-11H,2,12,15H2,1H3,(H2,26,27)/p+1. The first kappa shape index (κ1) is 20.3. The summed E-state index contributed by atoms with van der Waals surface area (Å²) in [7, 11) is 0. The normalized spacial score (nSPS) is 10.2. The number of nitrogen functional groups attached to an aromatic ring is 1. The number of anilines is 1. The maximum absolute atomic E-state index is 9.78. The van der Waals surface area contributed by atoms with Gasteiger partial charge in [-0.25, -0.2) is 4.98 Å². The van der Waals surface area contributed by atoms with Gasteiger partial charge in [0.15, 0.2) is 5.03 Å². The van der Waals surface area contributed by atoms with Gasteiger partial charge in [-0.3, -0.25) is 5.73 Å². The van der Waals surface area contributed by atoms with Gasteiger partial charge in [0.25, 0.3) is 5.82 Å². The number of rotatable bonds is 7. The monoisotopic (exact) mass is 401 g/mol. The first-order valence-electron chi connectivity index (χ1n) is 9.26. The molecule has 0 atom stereocenters. The molecule has 5 nitrogen and oxygen atoms in total. The maximum atomic E-state index is 9.78. The lowest BCUT2D eigenvalue weighted by Crippen LogP contribution is -2.18. The molecule has 0 unspecified atom stereocenters. The van der Waals surface area contributed by atoms with E-state index in [0.717, 1.165) is 23.3 Å². The predicted octanol–water partition coefficient (Wildman–Crippen LogP) is 4.57. The summed E-state index contributed by atoms with van der Waals surface area (Å²) in [6.45, 7) is 2.54. The van der Waals surface area contributed by atoms with Crippen molar-refractivity contribution in [2.45, 2.75) is 25.0 Å². The second-order valence-electron chi connectivity index (χ2n) is 6.36. The van der Waals surface area contributed by atoms with Crippen molar-refractivity contribution in [1.82, 2.24) is 0 Å². The fourth-order valence-electron chi connectivity index (χ4n) is 2.90. The van der Waals surface area contributed by atoms with Crippen LogP contribution >= 0.6 is 11.8 Å². The van der Waals surface area contributed by atoms with Gasteiger partial charge in [-0.15, -0.1) is 0 Å². The van der Waals surface area contributed by atoms with E-state index in [0.29, 0.717) is 28.5 Å². The molecule has 0 radical (unpaired) electrons. The first-order valence-corrected chi connectivity index (χ1v) is 10.2. The number of nitrogens with one attached hydrogen (secondary N) is 1. The highest BCUT2D eigenvalue weighted by molar-refractivity contribution is 7.99. The minimum absolute atomic E-state index is 0.268. The number of aromatic nitrogens is 1. The lowest BCUT2D eigenvalue weighted by atomic mass is 9.97. The van der Waals surface area contributed by atoms with Crippen LogP contribution in [0.4, 0.5) is 5.82 Å². The third kappa shape index (κ3) is 4.68. The molecule has 3 N–H and O–H groups in total. The van der Waals surface area contributed by atoms with Crippen molar-refractivity contribution < 1.29 is 9.72 Å². The quantitative estimate of drug-likeness (QED) is 0.585. The SMILES string of the molecule is CCCSc1[nH+]c(N)c(C#N)c(-c2ccc(OCc3ccccc3)cc2)c1C#N. The van der Waals surface area contributed by atoms with E-state index in [-0.39, 0.29) is 11.4 Å². The van der Waals surface area contributed by atoms with Crippen LogP contribution in [-0.2, 0) is 6.61 Å². The van der Waals surface area contributed by atoms with Gasteiger partial charge >= 0.3 is 0 Å². The number of nitriles is 2. The van der Waals surface area contributed by atoms with Crippen LogP contribution < -0.4 is 15.5 Å². The molecular formula is C23H21N4OS+. The Morgan fingerprint density at radius 1 is 1.00 bits per heavy atom. The summed E-state index contributed by atoms with van der Waals surface area (Å²) in [6.07, 6.45) is 0.964. The second-order valence-corrected chi connectivity index (χ2v) is 7.47. The Morgan fingerprint density at radius 2 is 1.69 bits per heavy atom. The molecule has 29 heavy (non-hydrogen) atoms. The van der Waals surface area contributed by atoms with Crippen molar-refractivity contribution in [3.05, 3.63) is 71.3 Å². The predicted molar refractivity (Wildman–Crippen MR) is 114 cm³/mol.